The van der Waals surface area contributed by atoms with Gasteiger partial charge in [-0.15, -0.1) is 0 Å². The van der Waals surface area contributed by atoms with Crippen LogP contribution in [0.25, 0.3) is 0 Å². The predicted octanol–water partition coefficient (Wildman–Crippen LogP) is 4.16. The number of nitrogens with zero attached hydrogens (tertiary/aromatic N) is 3. The van der Waals surface area contributed by atoms with Gasteiger partial charge in [0.1, 0.15) is 0 Å². The molecule has 27 heavy (non-hydrogen) atoms. The number of carbonyl (C=O) groups is 1. The molecule has 1 amide bonds. The molecule has 2 aromatic carbocycles. The smallest absolute Gasteiger partial charge is 0.255 e. The highest BCUT2D eigenvalue weighted by Crippen LogP contribution is 2.20. The fourth-order valence-corrected chi connectivity index (χ4v) is 2.78. The molecular weight excluding hydrogens is 336 g/mol. The van der Waals surface area contributed by atoms with Gasteiger partial charge in [0.2, 0.25) is 0 Å². The number of benzene rings is 2. The zero-order chi connectivity index (χ0) is 19.2. The van der Waals surface area contributed by atoms with Crippen molar-refractivity contribution >= 4 is 23.0 Å². The normalized spacial score (nSPS) is 10.3. The molecule has 0 spiro atoms. The molecular formula is C22H24N4O. The van der Waals surface area contributed by atoms with E-state index in [-0.39, 0.29) is 5.91 Å². The molecule has 0 bridgehead atoms. The summed E-state index contributed by atoms with van der Waals surface area (Å²) < 4.78 is 0. The number of hydrogen-bond acceptors (Lipinski definition) is 4. The van der Waals surface area contributed by atoms with Crippen LogP contribution in [0.15, 0.2) is 73.1 Å². The summed E-state index contributed by atoms with van der Waals surface area (Å²) in [6, 6.07) is 19.9. The number of aromatic nitrogens is 1. The fraction of sp³-hybridized carbons (Fsp3) is 0.182. The first-order valence-corrected chi connectivity index (χ1v) is 8.82. The van der Waals surface area contributed by atoms with Crippen LogP contribution in [0.5, 0.6) is 0 Å². The first kappa shape index (κ1) is 18.5. The number of anilines is 3. The molecule has 0 radical (unpaired) electrons. The molecule has 0 aliphatic heterocycles. The molecule has 0 aliphatic carbocycles. The van der Waals surface area contributed by atoms with Gasteiger partial charge in [0, 0.05) is 45.3 Å². The van der Waals surface area contributed by atoms with Gasteiger partial charge in [0.15, 0.2) is 0 Å². The van der Waals surface area contributed by atoms with Crippen molar-refractivity contribution in [2.75, 3.05) is 31.4 Å². The second-order valence-electron chi connectivity index (χ2n) is 6.68. The van der Waals surface area contributed by atoms with Crippen molar-refractivity contribution in [3.05, 3.63) is 84.2 Å². The third-order valence-electron chi connectivity index (χ3n) is 4.27. The summed E-state index contributed by atoms with van der Waals surface area (Å²) in [7, 11) is 5.82. The van der Waals surface area contributed by atoms with E-state index in [1.807, 2.05) is 79.7 Å². The van der Waals surface area contributed by atoms with E-state index in [0.717, 1.165) is 22.6 Å². The minimum absolute atomic E-state index is 0.0574. The minimum Gasteiger partial charge on any atom is -0.378 e. The van der Waals surface area contributed by atoms with Crippen LogP contribution in [0.3, 0.4) is 0 Å². The maximum atomic E-state index is 12.7. The Morgan fingerprint density at radius 1 is 0.926 bits per heavy atom. The highest BCUT2D eigenvalue weighted by molar-refractivity contribution is 5.94. The van der Waals surface area contributed by atoms with Crippen LogP contribution in [0.4, 0.5) is 17.1 Å². The Bertz CT molecular complexity index is 892. The van der Waals surface area contributed by atoms with E-state index in [1.54, 1.807) is 24.3 Å². The van der Waals surface area contributed by atoms with Crippen LogP contribution in [0.1, 0.15) is 15.9 Å². The summed E-state index contributed by atoms with van der Waals surface area (Å²) in [5, 5.41) is 3.30. The molecule has 5 nitrogen and oxygen atoms in total. The van der Waals surface area contributed by atoms with Crippen LogP contribution >= 0.6 is 0 Å². The summed E-state index contributed by atoms with van der Waals surface area (Å²) in [4.78, 5) is 20.7. The quantitative estimate of drug-likeness (QED) is 0.717. The van der Waals surface area contributed by atoms with Crippen molar-refractivity contribution in [2.24, 2.45) is 0 Å². The van der Waals surface area contributed by atoms with E-state index in [2.05, 4.69) is 10.3 Å². The summed E-state index contributed by atoms with van der Waals surface area (Å²) in [5.41, 5.74) is 4.52. The van der Waals surface area contributed by atoms with E-state index in [9.17, 15) is 4.79 Å². The fourth-order valence-electron chi connectivity index (χ4n) is 2.78. The highest BCUT2D eigenvalue weighted by Gasteiger charge is 2.13. The molecule has 0 atom stereocenters. The third-order valence-corrected chi connectivity index (χ3v) is 4.27. The second-order valence-corrected chi connectivity index (χ2v) is 6.68. The number of carbonyl (C=O) groups excluding carboxylic acids is 1. The first-order valence-electron chi connectivity index (χ1n) is 8.82. The largest absolute Gasteiger partial charge is 0.378 e. The molecule has 0 saturated carbocycles. The van der Waals surface area contributed by atoms with Crippen molar-refractivity contribution in [2.45, 2.75) is 6.54 Å². The lowest BCUT2D eigenvalue weighted by Gasteiger charge is -2.18. The molecule has 5 heteroatoms. The zero-order valence-corrected chi connectivity index (χ0v) is 15.9. The standard InChI is InChI=1S/C22H24N4O/c1-25(2)21-11-9-19(10-12-21)24-20-13-18(14-23-15-20)22(27)26(3)16-17-7-5-4-6-8-17/h4-15,24H,16H2,1-3H3. The predicted molar refractivity (Wildman–Crippen MR) is 111 cm³/mol. The van der Waals surface area contributed by atoms with E-state index in [0.29, 0.717) is 12.1 Å². The van der Waals surface area contributed by atoms with E-state index >= 15 is 0 Å². The summed E-state index contributed by atoms with van der Waals surface area (Å²) in [6.45, 7) is 0.559. The lowest BCUT2D eigenvalue weighted by Crippen LogP contribution is -2.26. The summed E-state index contributed by atoms with van der Waals surface area (Å²) in [5.74, 6) is -0.0574. The Morgan fingerprint density at radius 3 is 2.30 bits per heavy atom. The lowest BCUT2D eigenvalue weighted by molar-refractivity contribution is 0.0784. The highest BCUT2D eigenvalue weighted by atomic mass is 16.2. The molecule has 0 aliphatic rings. The Labute approximate surface area is 160 Å². The zero-order valence-electron chi connectivity index (χ0n) is 15.9. The molecule has 3 aromatic rings. The Kier molecular flexibility index (Phi) is 5.71. The molecule has 1 aromatic heterocycles. The van der Waals surface area contributed by atoms with Crippen LogP contribution in [-0.4, -0.2) is 36.9 Å². The Balaban J connectivity index is 1.70. The average molecular weight is 360 g/mol. The van der Waals surface area contributed by atoms with Crippen molar-refractivity contribution in [3.8, 4) is 0 Å². The van der Waals surface area contributed by atoms with Crippen LogP contribution in [-0.2, 0) is 6.54 Å². The summed E-state index contributed by atoms with van der Waals surface area (Å²) >= 11 is 0. The topological polar surface area (TPSA) is 48.5 Å². The van der Waals surface area contributed by atoms with Gasteiger partial charge in [-0.05, 0) is 35.9 Å². The minimum atomic E-state index is -0.0574. The first-order chi connectivity index (χ1) is 13.0. The Morgan fingerprint density at radius 2 is 1.63 bits per heavy atom. The van der Waals surface area contributed by atoms with E-state index in [1.165, 1.54) is 0 Å². The molecule has 1 N–H and O–H groups in total. The van der Waals surface area contributed by atoms with Gasteiger partial charge in [0.05, 0.1) is 17.4 Å². The van der Waals surface area contributed by atoms with Gasteiger partial charge in [-0.1, -0.05) is 30.3 Å². The van der Waals surface area contributed by atoms with Gasteiger partial charge < -0.3 is 15.1 Å². The number of nitrogens with one attached hydrogen (secondary N) is 1. The molecule has 138 valence electrons. The van der Waals surface area contributed by atoms with Crippen LogP contribution in [0, 0.1) is 0 Å². The average Bonchev–Trinajstić information content (AvgIpc) is 2.69. The maximum absolute atomic E-state index is 12.7. The number of hydrogen-bond donors (Lipinski definition) is 1. The maximum Gasteiger partial charge on any atom is 0.255 e. The van der Waals surface area contributed by atoms with Gasteiger partial charge in [-0.2, -0.15) is 0 Å². The van der Waals surface area contributed by atoms with Gasteiger partial charge in [-0.3, -0.25) is 9.78 Å². The summed E-state index contributed by atoms with van der Waals surface area (Å²) in [6.07, 6.45) is 3.32. The Hall–Kier alpha value is -3.34. The van der Waals surface area contributed by atoms with Gasteiger partial charge >= 0.3 is 0 Å². The van der Waals surface area contributed by atoms with Crippen molar-refractivity contribution in [1.29, 1.82) is 0 Å². The molecule has 1 heterocycles. The molecule has 0 unspecified atom stereocenters. The molecule has 0 fully saturated rings. The van der Waals surface area contributed by atoms with Crippen LogP contribution in [0.2, 0.25) is 0 Å². The number of rotatable bonds is 6. The van der Waals surface area contributed by atoms with Crippen molar-refractivity contribution in [3.63, 3.8) is 0 Å². The number of amides is 1. The monoisotopic (exact) mass is 360 g/mol. The SMILES string of the molecule is CN(Cc1ccccc1)C(=O)c1cncc(Nc2ccc(N(C)C)cc2)c1. The van der Waals surface area contributed by atoms with Crippen LogP contribution < -0.4 is 10.2 Å². The lowest BCUT2D eigenvalue weighted by atomic mass is 10.2. The number of pyridine rings is 1. The van der Waals surface area contributed by atoms with E-state index < -0.39 is 0 Å². The third kappa shape index (κ3) is 4.85. The van der Waals surface area contributed by atoms with Gasteiger partial charge in [-0.25, -0.2) is 0 Å². The van der Waals surface area contributed by atoms with Crippen molar-refractivity contribution < 1.29 is 4.79 Å². The van der Waals surface area contributed by atoms with E-state index in [4.69, 9.17) is 0 Å². The second kappa shape index (κ2) is 8.36. The molecule has 3 rings (SSSR count). The van der Waals surface area contributed by atoms with Gasteiger partial charge in [0.25, 0.3) is 5.91 Å². The van der Waals surface area contributed by atoms with Crippen molar-refractivity contribution in [1.82, 2.24) is 9.88 Å². The molecule has 0 saturated heterocycles.